The van der Waals surface area contributed by atoms with Gasteiger partial charge in [0, 0.05) is 11.0 Å². The fourth-order valence-corrected chi connectivity index (χ4v) is 1.91. The molecule has 0 heterocycles. The summed E-state index contributed by atoms with van der Waals surface area (Å²) in [5, 5.41) is 0. The van der Waals surface area contributed by atoms with E-state index < -0.39 is 28.6 Å². The third-order valence-corrected chi connectivity index (χ3v) is 3.51. The minimum atomic E-state index is -4.50. The Labute approximate surface area is 85.2 Å². The van der Waals surface area contributed by atoms with Gasteiger partial charge in [0.15, 0.2) is 0 Å². The van der Waals surface area contributed by atoms with Crippen LogP contribution < -0.4 is 0 Å². The van der Waals surface area contributed by atoms with Crippen molar-refractivity contribution in [2.24, 2.45) is 10.8 Å². The molecule has 0 spiro atoms. The van der Waals surface area contributed by atoms with Gasteiger partial charge in [-0.2, -0.15) is 17.6 Å². The zero-order chi connectivity index (χ0) is 12.1. The maximum atomic E-state index is 12.8. The van der Waals surface area contributed by atoms with E-state index in [-0.39, 0.29) is 6.42 Å². The van der Waals surface area contributed by atoms with Crippen LogP contribution in [0.25, 0.3) is 0 Å². The summed E-state index contributed by atoms with van der Waals surface area (Å²) in [6, 6.07) is -1.69. The molecule has 5 heteroatoms. The van der Waals surface area contributed by atoms with Crippen molar-refractivity contribution in [1.29, 1.82) is 0 Å². The molecule has 0 aromatic rings. The van der Waals surface area contributed by atoms with E-state index in [0.29, 0.717) is 0 Å². The first-order valence-electron chi connectivity index (χ1n) is 4.51. The van der Waals surface area contributed by atoms with E-state index in [1.54, 1.807) is 0 Å². The second-order valence-electron chi connectivity index (χ2n) is 4.55. The lowest BCUT2D eigenvalue weighted by Crippen LogP contribution is -2.40. The summed E-state index contributed by atoms with van der Waals surface area (Å²) in [7, 11) is 0. The summed E-state index contributed by atoms with van der Waals surface area (Å²) >= 11 is 0. The summed E-state index contributed by atoms with van der Waals surface area (Å²) in [6.07, 6.45) is -3.79. The minimum absolute atomic E-state index is 0.204. The maximum absolute atomic E-state index is 12.8. The van der Waals surface area contributed by atoms with Crippen LogP contribution in [0.4, 0.5) is 17.6 Å². The van der Waals surface area contributed by atoms with Crippen LogP contribution >= 0.6 is 0 Å². The zero-order valence-electron chi connectivity index (χ0n) is 8.70. The lowest BCUT2D eigenvalue weighted by molar-refractivity contribution is -0.147. The molecule has 0 aliphatic heterocycles. The second-order valence-corrected chi connectivity index (χ2v) is 4.55. The van der Waals surface area contributed by atoms with Gasteiger partial charge in [-0.3, -0.25) is 4.79 Å². The van der Waals surface area contributed by atoms with E-state index in [1.165, 1.54) is 20.8 Å². The van der Waals surface area contributed by atoms with Crippen LogP contribution in [0.5, 0.6) is 0 Å². The molecule has 0 saturated carbocycles. The van der Waals surface area contributed by atoms with Crippen molar-refractivity contribution in [3.63, 3.8) is 0 Å². The van der Waals surface area contributed by atoms with Crippen LogP contribution in [0.15, 0.2) is 11.6 Å². The highest BCUT2D eigenvalue weighted by Gasteiger charge is 2.59. The van der Waals surface area contributed by atoms with Crippen LogP contribution in [0.1, 0.15) is 27.2 Å². The Balaban J connectivity index is 3.18. The molecule has 1 unspecified atom stereocenters. The molecule has 15 heavy (non-hydrogen) atoms. The van der Waals surface area contributed by atoms with Crippen molar-refractivity contribution in [3.05, 3.63) is 11.6 Å². The molecule has 0 amide bonds. The molecule has 1 nitrogen and oxygen atoms in total. The predicted molar refractivity (Wildman–Crippen MR) is 46.8 cm³/mol. The van der Waals surface area contributed by atoms with E-state index >= 15 is 0 Å². The summed E-state index contributed by atoms with van der Waals surface area (Å²) in [5.41, 5.74) is -3.93. The van der Waals surface area contributed by atoms with E-state index in [0.717, 1.165) is 6.08 Å². The van der Waals surface area contributed by atoms with Crippen molar-refractivity contribution in [1.82, 2.24) is 0 Å². The van der Waals surface area contributed by atoms with Crippen molar-refractivity contribution < 1.29 is 22.4 Å². The average Bonchev–Trinajstić information content (AvgIpc) is 2.23. The van der Waals surface area contributed by atoms with Gasteiger partial charge in [-0.25, -0.2) is 0 Å². The second kappa shape index (κ2) is 3.06. The lowest BCUT2D eigenvalue weighted by Gasteiger charge is -2.37. The number of rotatable bonds is 1. The number of hydrogen-bond acceptors (Lipinski definition) is 1. The Morgan fingerprint density at radius 1 is 1.33 bits per heavy atom. The standard InChI is InChI=1S/C10H12F4O/c1-8(2)6(10(12,13)14)4-5-9(8,3)7(11)15/h4H,5H2,1-3H3. The van der Waals surface area contributed by atoms with Crippen LogP contribution in [0, 0.1) is 10.8 Å². The number of hydrogen-bond donors (Lipinski definition) is 0. The molecule has 0 bridgehead atoms. The summed E-state index contributed by atoms with van der Waals surface area (Å²) < 4.78 is 50.5. The molecule has 0 aromatic heterocycles. The molecule has 0 saturated heterocycles. The molecule has 0 radical (unpaired) electrons. The average molecular weight is 224 g/mol. The fourth-order valence-electron chi connectivity index (χ4n) is 1.91. The highest BCUT2D eigenvalue weighted by atomic mass is 19.4. The lowest BCUT2D eigenvalue weighted by atomic mass is 9.66. The topological polar surface area (TPSA) is 17.1 Å². The van der Waals surface area contributed by atoms with Crippen molar-refractivity contribution in [2.75, 3.05) is 0 Å². The number of allylic oxidation sites excluding steroid dienone is 2. The summed E-state index contributed by atoms with van der Waals surface area (Å²) in [6.45, 7) is 3.72. The van der Waals surface area contributed by atoms with Crippen LogP contribution in [-0.4, -0.2) is 12.2 Å². The molecule has 1 aliphatic carbocycles. The highest BCUT2D eigenvalue weighted by Crippen LogP contribution is 2.57. The monoisotopic (exact) mass is 224 g/mol. The first-order chi connectivity index (χ1) is 6.53. The summed E-state index contributed by atoms with van der Waals surface area (Å²) in [4.78, 5) is 10.8. The quantitative estimate of drug-likeness (QED) is 0.379. The fraction of sp³-hybridized carbons (Fsp3) is 0.700. The van der Waals surface area contributed by atoms with E-state index in [4.69, 9.17) is 0 Å². The van der Waals surface area contributed by atoms with Crippen LogP contribution in [0.2, 0.25) is 0 Å². The van der Waals surface area contributed by atoms with Gasteiger partial charge in [0.2, 0.25) is 0 Å². The number of alkyl halides is 3. The van der Waals surface area contributed by atoms with Gasteiger partial charge < -0.3 is 0 Å². The maximum Gasteiger partial charge on any atom is 0.412 e. The first kappa shape index (κ1) is 12.2. The Morgan fingerprint density at radius 2 is 1.80 bits per heavy atom. The summed E-state index contributed by atoms with van der Waals surface area (Å²) in [5.74, 6) is 0. The van der Waals surface area contributed by atoms with Crippen molar-refractivity contribution >= 4 is 6.04 Å². The van der Waals surface area contributed by atoms with Gasteiger partial charge in [0.05, 0.1) is 5.41 Å². The Hall–Kier alpha value is -0.870. The Morgan fingerprint density at radius 3 is 2.00 bits per heavy atom. The number of carbonyl (C=O) groups excluding carboxylic acids is 1. The normalized spacial score (nSPS) is 30.2. The molecule has 1 rings (SSSR count). The molecular weight excluding hydrogens is 212 g/mol. The van der Waals surface area contributed by atoms with Gasteiger partial charge in [-0.15, -0.1) is 0 Å². The van der Waals surface area contributed by atoms with Gasteiger partial charge in [0.25, 0.3) is 0 Å². The molecule has 0 aromatic carbocycles. The smallest absolute Gasteiger partial charge is 0.261 e. The molecule has 1 aliphatic rings. The molecule has 86 valence electrons. The predicted octanol–water partition coefficient (Wildman–Crippen LogP) is 3.41. The number of carbonyl (C=O) groups is 1. The van der Waals surface area contributed by atoms with Gasteiger partial charge in [-0.1, -0.05) is 19.9 Å². The van der Waals surface area contributed by atoms with Crippen LogP contribution in [-0.2, 0) is 4.79 Å². The van der Waals surface area contributed by atoms with Gasteiger partial charge in [0.1, 0.15) is 0 Å². The van der Waals surface area contributed by atoms with Crippen LogP contribution in [0.3, 0.4) is 0 Å². The van der Waals surface area contributed by atoms with Gasteiger partial charge >= 0.3 is 12.2 Å². The van der Waals surface area contributed by atoms with E-state index in [1.807, 2.05) is 0 Å². The molecular formula is C10H12F4O. The minimum Gasteiger partial charge on any atom is -0.261 e. The molecule has 0 N–H and O–H groups in total. The van der Waals surface area contributed by atoms with E-state index in [9.17, 15) is 22.4 Å². The largest absolute Gasteiger partial charge is 0.412 e. The zero-order valence-corrected chi connectivity index (χ0v) is 8.70. The Bertz CT molecular complexity index is 327. The third-order valence-electron chi connectivity index (χ3n) is 3.51. The van der Waals surface area contributed by atoms with Gasteiger partial charge in [-0.05, 0) is 13.3 Å². The van der Waals surface area contributed by atoms with Crippen molar-refractivity contribution in [3.8, 4) is 0 Å². The molecule has 1 atom stereocenters. The molecule has 0 fully saturated rings. The number of halogens is 4. The SMILES string of the molecule is CC1(C)C(C(F)(F)F)=CCC1(C)C(=O)F. The Kier molecular flexibility index (Phi) is 2.49. The third kappa shape index (κ3) is 1.58. The highest BCUT2D eigenvalue weighted by molar-refractivity contribution is 5.78. The van der Waals surface area contributed by atoms with Crippen molar-refractivity contribution in [2.45, 2.75) is 33.4 Å². The first-order valence-corrected chi connectivity index (χ1v) is 4.51. The van der Waals surface area contributed by atoms with E-state index in [2.05, 4.69) is 0 Å².